The third-order valence-electron chi connectivity index (χ3n) is 2.80. The summed E-state index contributed by atoms with van der Waals surface area (Å²) >= 11 is 0. The molecule has 5 heteroatoms. The van der Waals surface area contributed by atoms with Gasteiger partial charge in [-0.05, 0) is 43.3 Å². The summed E-state index contributed by atoms with van der Waals surface area (Å²) in [7, 11) is 1.52. The number of methoxy groups -OCH3 is 1. The maximum Gasteiger partial charge on any atom is 0.238 e. The number of pyridine rings is 1. The molecule has 2 rings (SSSR count). The standard InChI is InChI=1S/C14H16FN3O/c1-3-18(11-6-4-10(15)5-7-11)13-9-8-12(16)14(17-13)19-2/h4-9H,3,16H2,1-2H3. The number of nitrogen functional groups attached to an aromatic ring is 1. The van der Waals surface area contributed by atoms with Gasteiger partial charge in [0.05, 0.1) is 12.8 Å². The summed E-state index contributed by atoms with van der Waals surface area (Å²) in [6, 6.07) is 9.82. The van der Waals surface area contributed by atoms with Crippen molar-refractivity contribution in [2.24, 2.45) is 0 Å². The first-order valence-electron chi connectivity index (χ1n) is 5.99. The van der Waals surface area contributed by atoms with Gasteiger partial charge in [-0.1, -0.05) is 0 Å². The third kappa shape index (κ3) is 2.76. The van der Waals surface area contributed by atoms with E-state index < -0.39 is 0 Å². The van der Waals surface area contributed by atoms with Crippen LogP contribution in [-0.4, -0.2) is 18.6 Å². The number of hydrogen-bond acceptors (Lipinski definition) is 4. The molecule has 0 unspecified atom stereocenters. The highest BCUT2D eigenvalue weighted by Crippen LogP contribution is 2.28. The molecule has 0 saturated heterocycles. The summed E-state index contributed by atoms with van der Waals surface area (Å²) in [6.07, 6.45) is 0. The Morgan fingerprint density at radius 2 is 1.89 bits per heavy atom. The normalized spacial score (nSPS) is 10.3. The Kier molecular flexibility index (Phi) is 3.85. The van der Waals surface area contributed by atoms with Crippen LogP contribution in [0.4, 0.5) is 21.6 Å². The Balaban J connectivity index is 2.39. The van der Waals surface area contributed by atoms with Crippen molar-refractivity contribution in [2.45, 2.75) is 6.92 Å². The lowest BCUT2D eigenvalue weighted by Crippen LogP contribution is -2.17. The fraction of sp³-hybridized carbons (Fsp3) is 0.214. The van der Waals surface area contributed by atoms with Crippen LogP contribution in [-0.2, 0) is 0 Å². The second kappa shape index (κ2) is 5.56. The lowest BCUT2D eigenvalue weighted by molar-refractivity contribution is 0.400. The Morgan fingerprint density at radius 3 is 2.47 bits per heavy atom. The fourth-order valence-electron chi connectivity index (χ4n) is 1.85. The number of halogens is 1. The highest BCUT2D eigenvalue weighted by Gasteiger charge is 2.11. The molecule has 0 saturated carbocycles. The molecule has 4 nitrogen and oxygen atoms in total. The van der Waals surface area contributed by atoms with E-state index in [-0.39, 0.29) is 5.82 Å². The first kappa shape index (κ1) is 13.1. The number of ether oxygens (including phenoxy) is 1. The van der Waals surface area contributed by atoms with E-state index in [0.717, 1.165) is 5.69 Å². The van der Waals surface area contributed by atoms with Gasteiger partial charge in [-0.15, -0.1) is 0 Å². The fourth-order valence-corrected chi connectivity index (χ4v) is 1.85. The predicted molar refractivity (Wildman–Crippen MR) is 74.3 cm³/mol. The highest BCUT2D eigenvalue weighted by molar-refractivity contribution is 5.63. The minimum absolute atomic E-state index is 0.261. The molecule has 0 aliphatic carbocycles. The zero-order valence-electron chi connectivity index (χ0n) is 10.9. The lowest BCUT2D eigenvalue weighted by Gasteiger charge is -2.22. The predicted octanol–water partition coefficient (Wildman–Crippen LogP) is 2.97. The number of nitrogens with zero attached hydrogens (tertiary/aromatic N) is 2. The van der Waals surface area contributed by atoms with Crippen molar-refractivity contribution in [3.8, 4) is 5.88 Å². The number of anilines is 3. The molecule has 2 aromatic rings. The van der Waals surface area contributed by atoms with Crippen LogP contribution in [0.5, 0.6) is 5.88 Å². The van der Waals surface area contributed by atoms with E-state index in [4.69, 9.17) is 10.5 Å². The van der Waals surface area contributed by atoms with E-state index in [9.17, 15) is 4.39 Å². The molecule has 0 atom stereocenters. The lowest BCUT2D eigenvalue weighted by atomic mass is 10.2. The molecule has 0 fully saturated rings. The minimum Gasteiger partial charge on any atom is -0.479 e. The van der Waals surface area contributed by atoms with Gasteiger partial charge < -0.3 is 15.4 Å². The van der Waals surface area contributed by atoms with Gasteiger partial charge in [0.1, 0.15) is 11.6 Å². The molecule has 19 heavy (non-hydrogen) atoms. The zero-order chi connectivity index (χ0) is 13.8. The largest absolute Gasteiger partial charge is 0.479 e. The summed E-state index contributed by atoms with van der Waals surface area (Å²) in [4.78, 5) is 6.29. The van der Waals surface area contributed by atoms with Gasteiger partial charge in [0.15, 0.2) is 0 Å². The summed E-state index contributed by atoms with van der Waals surface area (Å²) in [5.74, 6) is 0.834. The minimum atomic E-state index is -0.261. The van der Waals surface area contributed by atoms with Crippen LogP contribution < -0.4 is 15.4 Å². The van der Waals surface area contributed by atoms with Crippen molar-refractivity contribution in [1.29, 1.82) is 0 Å². The van der Waals surface area contributed by atoms with Gasteiger partial charge in [-0.2, -0.15) is 4.98 Å². The van der Waals surface area contributed by atoms with Crippen molar-refractivity contribution < 1.29 is 9.13 Å². The molecular formula is C14H16FN3O. The van der Waals surface area contributed by atoms with E-state index >= 15 is 0 Å². The average Bonchev–Trinajstić information content (AvgIpc) is 2.43. The van der Waals surface area contributed by atoms with Crippen LogP contribution in [0.3, 0.4) is 0 Å². The number of aromatic nitrogens is 1. The summed E-state index contributed by atoms with van der Waals surface area (Å²) in [5.41, 5.74) is 7.10. The molecular weight excluding hydrogens is 245 g/mol. The highest BCUT2D eigenvalue weighted by atomic mass is 19.1. The number of benzene rings is 1. The third-order valence-corrected chi connectivity index (χ3v) is 2.80. The van der Waals surface area contributed by atoms with E-state index in [2.05, 4.69) is 4.98 Å². The van der Waals surface area contributed by atoms with Crippen LogP contribution >= 0.6 is 0 Å². The molecule has 0 radical (unpaired) electrons. The summed E-state index contributed by atoms with van der Waals surface area (Å²) in [5, 5.41) is 0. The summed E-state index contributed by atoms with van der Waals surface area (Å²) in [6.45, 7) is 2.69. The molecule has 1 aromatic heterocycles. The zero-order valence-corrected chi connectivity index (χ0v) is 10.9. The molecule has 0 aliphatic heterocycles. The maximum absolute atomic E-state index is 13.0. The second-order valence-electron chi connectivity index (χ2n) is 3.99. The van der Waals surface area contributed by atoms with Crippen molar-refractivity contribution in [2.75, 3.05) is 24.3 Å². The van der Waals surface area contributed by atoms with Gasteiger partial charge in [0.2, 0.25) is 5.88 Å². The van der Waals surface area contributed by atoms with Crippen molar-refractivity contribution in [1.82, 2.24) is 4.98 Å². The monoisotopic (exact) mass is 261 g/mol. The SMILES string of the molecule is CCN(c1ccc(F)cc1)c1ccc(N)c(OC)n1. The van der Waals surface area contributed by atoms with Crippen molar-refractivity contribution in [3.05, 3.63) is 42.2 Å². The van der Waals surface area contributed by atoms with E-state index in [1.54, 1.807) is 18.2 Å². The molecule has 0 aliphatic rings. The molecule has 1 heterocycles. The maximum atomic E-state index is 13.0. The summed E-state index contributed by atoms with van der Waals surface area (Å²) < 4.78 is 18.1. The Bertz CT molecular complexity index is 557. The Morgan fingerprint density at radius 1 is 1.21 bits per heavy atom. The first-order chi connectivity index (χ1) is 9.15. The van der Waals surface area contributed by atoms with Crippen LogP contribution in [0.25, 0.3) is 0 Å². The van der Waals surface area contributed by atoms with Crippen molar-refractivity contribution >= 4 is 17.2 Å². The van der Waals surface area contributed by atoms with Crippen LogP contribution in [0.1, 0.15) is 6.92 Å². The van der Waals surface area contributed by atoms with E-state index in [0.29, 0.717) is 23.9 Å². The Labute approximate surface area is 111 Å². The average molecular weight is 261 g/mol. The van der Waals surface area contributed by atoms with Gasteiger partial charge in [-0.3, -0.25) is 0 Å². The molecule has 2 N–H and O–H groups in total. The first-order valence-corrected chi connectivity index (χ1v) is 5.99. The molecule has 0 spiro atoms. The van der Waals surface area contributed by atoms with E-state index in [1.165, 1.54) is 19.2 Å². The van der Waals surface area contributed by atoms with Crippen molar-refractivity contribution in [3.63, 3.8) is 0 Å². The Hall–Kier alpha value is -2.30. The van der Waals surface area contributed by atoms with Gasteiger partial charge in [0, 0.05) is 12.2 Å². The second-order valence-corrected chi connectivity index (χ2v) is 3.99. The van der Waals surface area contributed by atoms with Gasteiger partial charge in [0.25, 0.3) is 0 Å². The van der Waals surface area contributed by atoms with Crippen LogP contribution in [0, 0.1) is 5.82 Å². The number of hydrogen-bond donors (Lipinski definition) is 1. The molecule has 0 amide bonds. The number of rotatable bonds is 4. The molecule has 100 valence electrons. The topological polar surface area (TPSA) is 51.4 Å². The number of nitrogens with two attached hydrogens (primary N) is 1. The van der Waals surface area contributed by atoms with Gasteiger partial charge in [-0.25, -0.2) is 4.39 Å². The van der Waals surface area contributed by atoms with Crippen LogP contribution in [0.15, 0.2) is 36.4 Å². The molecule has 1 aromatic carbocycles. The van der Waals surface area contributed by atoms with E-state index in [1.807, 2.05) is 17.9 Å². The van der Waals surface area contributed by atoms with Crippen LogP contribution in [0.2, 0.25) is 0 Å². The van der Waals surface area contributed by atoms with Gasteiger partial charge >= 0.3 is 0 Å². The molecule has 0 bridgehead atoms. The smallest absolute Gasteiger partial charge is 0.238 e. The quantitative estimate of drug-likeness (QED) is 0.919.